The Kier molecular flexibility index (Phi) is 4.31. The van der Waals surface area contributed by atoms with Crippen LogP contribution in [0.4, 0.5) is 0 Å². The zero-order chi connectivity index (χ0) is 15.8. The van der Waals surface area contributed by atoms with Gasteiger partial charge in [0.15, 0.2) is 0 Å². The van der Waals surface area contributed by atoms with Gasteiger partial charge in [-0.1, -0.05) is 32.1 Å². The monoisotopic (exact) mass is 294 g/mol. The van der Waals surface area contributed by atoms with Gasteiger partial charge in [0.1, 0.15) is 0 Å². The SMILES string of the molecule is C=C1CC[C@H]2[C@](C)(CO)[C@H](O)CC[C@@]2(C)[C@@H]1/C=C/C(=O)O. The summed E-state index contributed by atoms with van der Waals surface area (Å²) in [5.74, 6) is -0.798. The minimum atomic E-state index is -0.950. The fourth-order valence-corrected chi connectivity index (χ4v) is 4.67. The molecule has 0 bridgehead atoms. The number of allylic oxidation sites excluding steroid dienone is 2. The third-order valence-corrected chi connectivity index (χ3v) is 5.99. The van der Waals surface area contributed by atoms with Gasteiger partial charge in [-0.15, -0.1) is 0 Å². The first-order valence-electron chi connectivity index (χ1n) is 7.63. The van der Waals surface area contributed by atoms with Gasteiger partial charge in [0.05, 0.1) is 12.7 Å². The van der Waals surface area contributed by atoms with Crippen LogP contribution in [-0.2, 0) is 4.79 Å². The van der Waals surface area contributed by atoms with Crippen LogP contribution in [0.15, 0.2) is 24.3 Å². The van der Waals surface area contributed by atoms with Gasteiger partial charge in [0, 0.05) is 17.4 Å². The van der Waals surface area contributed by atoms with Crippen LogP contribution >= 0.6 is 0 Å². The molecular weight excluding hydrogens is 268 g/mol. The second-order valence-corrected chi connectivity index (χ2v) is 7.15. The number of rotatable bonds is 3. The van der Waals surface area contributed by atoms with Crippen molar-refractivity contribution in [2.75, 3.05) is 6.61 Å². The maximum absolute atomic E-state index is 10.9. The van der Waals surface area contributed by atoms with Gasteiger partial charge in [-0.3, -0.25) is 0 Å². The minimum Gasteiger partial charge on any atom is -0.478 e. The highest BCUT2D eigenvalue weighted by Crippen LogP contribution is 2.61. The number of carboxylic acids is 1. The summed E-state index contributed by atoms with van der Waals surface area (Å²) in [5, 5.41) is 29.1. The van der Waals surface area contributed by atoms with Gasteiger partial charge in [-0.25, -0.2) is 4.79 Å². The molecule has 4 heteroatoms. The molecule has 0 heterocycles. The van der Waals surface area contributed by atoms with E-state index in [4.69, 9.17) is 5.11 Å². The summed E-state index contributed by atoms with van der Waals surface area (Å²) in [7, 11) is 0. The Hall–Kier alpha value is -1.13. The van der Waals surface area contributed by atoms with Crippen LogP contribution in [0.25, 0.3) is 0 Å². The van der Waals surface area contributed by atoms with Gasteiger partial charge < -0.3 is 15.3 Å². The molecule has 0 radical (unpaired) electrons. The lowest BCUT2D eigenvalue weighted by molar-refractivity contribution is -0.146. The largest absolute Gasteiger partial charge is 0.478 e. The number of aliphatic hydroxyl groups is 2. The molecule has 2 fully saturated rings. The smallest absolute Gasteiger partial charge is 0.327 e. The van der Waals surface area contributed by atoms with E-state index in [1.807, 2.05) is 6.92 Å². The van der Waals surface area contributed by atoms with E-state index in [-0.39, 0.29) is 23.9 Å². The summed E-state index contributed by atoms with van der Waals surface area (Å²) in [5.41, 5.74) is 0.379. The summed E-state index contributed by atoms with van der Waals surface area (Å²) in [6, 6.07) is 0. The number of carboxylic acid groups (broad SMARTS) is 1. The standard InChI is InChI=1S/C17H26O4/c1-11-4-6-13-16(2,12(11)5-7-15(20)21)9-8-14(19)17(13,3)10-18/h5,7,12-14,18-19H,1,4,6,8-10H2,2-3H3,(H,20,21)/b7-5+/t12-,13-,14-,16+,17+/m1/s1. The van der Waals surface area contributed by atoms with Crippen molar-refractivity contribution < 1.29 is 20.1 Å². The fourth-order valence-electron chi connectivity index (χ4n) is 4.67. The van der Waals surface area contributed by atoms with E-state index < -0.39 is 17.5 Å². The van der Waals surface area contributed by atoms with Crippen LogP contribution in [-0.4, -0.2) is 34.0 Å². The van der Waals surface area contributed by atoms with E-state index in [1.54, 1.807) is 6.08 Å². The van der Waals surface area contributed by atoms with Crippen LogP contribution in [0, 0.1) is 22.7 Å². The zero-order valence-electron chi connectivity index (χ0n) is 12.9. The van der Waals surface area contributed by atoms with Gasteiger partial charge in [-0.2, -0.15) is 0 Å². The summed E-state index contributed by atoms with van der Waals surface area (Å²) in [6.07, 6.45) is 5.60. The summed E-state index contributed by atoms with van der Waals surface area (Å²) in [6.45, 7) is 8.19. The summed E-state index contributed by atoms with van der Waals surface area (Å²) >= 11 is 0. The second-order valence-electron chi connectivity index (χ2n) is 7.15. The second kappa shape index (κ2) is 5.58. The van der Waals surface area contributed by atoms with Crippen LogP contribution in [0.5, 0.6) is 0 Å². The zero-order valence-corrected chi connectivity index (χ0v) is 12.9. The van der Waals surface area contributed by atoms with Gasteiger partial charge in [-0.05, 0) is 37.0 Å². The van der Waals surface area contributed by atoms with Crippen LogP contribution in [0.2, 0.25) is 0 Å². The van der Waals surface area contributed by atoms with Gasteiger partial charge in [0.25, 0.3) is 0 Å². The van der Waals surface area contributed by atoms with Crippen LogP contribution < -0.4 is 0 Å². The molecule has 0 amide bonds. The van der Waals surface area contributed by atoms with Crippen LogP contribution in [0.3, 0.4) is 0 Å². The Morgan fingerprint density at radius 1 is 1.43 bits per heavy atom. The molecule has 2 rings (SSSR count). The molecule has 3 N–H and O–H groups in total. The first-order valence-corrected chi connectivity index (χ1v) is 7.63. The molecule has 0 saturated heterocycles. The molecule has 4 nitrogen and oxygen atoms in total. The molecule has 0 aliphatic heterocycles. The van der Waals surface area contributed by atoms with Crippen molar-refractivity contribution in [1.29, 1.82) is 0 Å². The Balaban J connectivity index is 2.40. The molecule has 0 spiro atoms. The number of carbonyl (C=O) groups is 1. The number of hydrogen-bond donors (Lipinski definition) is 3. The molecule has 2 saturated carbocycles. The van der Waals surface area contributed by atoms with Crippen LogP contribution in [0.1, 0.15) is 39.5 Å². The lowest BCUT2D eigenvalue weighted by Gasteiger charge is -2.59. The minimum absolute atomic E-state index is 0.00859. The van der Waals surface area contributed by atoms with Crippen molar-refractivity contribution >= 4 is 5.97 Å². The van der Waals surface area contributed by atoms with Gasteiger partial charge in [0.2, 0.25) is 0 Å². The molecule has 0 aromatic carbocycles. The van der Waals surface area contributed by atoms with Crippen molar-refractivity contribution in [2.45, 2.75) is 45.6 Å². The lowest BCUT2D eigenvalue weighted by Crippen LogP contribution is -2.57. The number of fused-ring (bicyclic) bond motifs is 1. The average molecular weight is 294 g/mol. The van der Waals surface area contributed by atoms with E-state index in [0.717, 1.165) is 24.8 Å². The Labute approximate surface area is 126 Å². The van der Waals surface area contributed by atoms with Crippen molar-refractivity contribution in [1.82, 2.24) is 0 Å². The van der Waals surface area contributed by atoms with Crippen molar-refractivity contribution in [3.63, 3.8) is 0 Å². The van der Waals surface area contributed by atoms with E-state index in [0.29, 0.717) is 6.42 Å². The third-order valence-electron chi connectivity index (χ3n) is 5.99. The van der Waals surface area contributed by atoms with E-state index in [9.17, 15) is 15.0 Å². The average Bonchev–Trinajstić information content (AvgIpc) is 2.42. The molecule has 21 heavy (non-hydrogen) atoms. The van der Waals surface area contributed by atoms with Crippen molar-refractivity contribution in [2.24, 2.45) is 22.7 Å². The predicted molar refractivity (Wildman–Crippen MR) is 80.7 cm³/mol. The molecule has 0 unspecified atom stereocenters. The summed E-state index contributed by atoms with van der Waals surface area (Å²) in [4.78, 5) is 10.9. The summed E-state index contributed by atoms with van der Waals surface area (Å²) < 4.78 is 0. The molecule has 0 aromatic rings. The van der Waals surface area contributed by atoms with Crippen molar-refractivity contribution in [3.8, 4) is 0 Å². The predicted octanol–water partition coefficient (Wildman–Crippen LogP) is 2.37. The highest BCUT2D eigenvalue weighted by Gasteiger charge is 2.57. The highest BCUT2D eigenvalue weighted by atomic mass is 16.4. The van der Waals surface area contributed by atoms with Crippen molar-refractivity contribution in [3.05, 3.63) is 24.3 Å². The number of hydrogen-bond acceptors (Lipinski definition) is 3. The Morgan fingerprint density at radius 3 is 2.67 bits per heavy atom. The Bertz CT molecular complexity index is 469. The topological polar surface area (TPSA) is 77.8 Å². The molecule has 2 aliphatic carbocycles. The first kappa shape index (κ1) is 16.2. The molecular formula is C17H26O4. The highest BCUT2D eigenvalue weighted by molar-refractivity contribution is 5.79. The van der Waals surface area contributed by atoms with Gasteiger partial charge >= 0.3 is 5.97 Å². The maximum Gasteiger partial charge on any atom is 0.327 e. The normalized spacial score (nSPS) is 43.8. The molecule has 5 atom stereocenters. The number of aliphatic carboxylic acids is 1. The molecule has 118 valence electrons. The lowest BCUT2D eigenvalue weighted by atomic mass is 9.46. The Morgan fingerprint density at radius 2 is 2.10 bits per heavy atom. The maximum atomic E-state index is 10.9. The first-order chi connectivity index (χ1) is 9.75. The molecule has 2 aliphatic rings. The molecule has 0 aromatic heterocycles. The van der Waals surface area contributed by atoms with E-state index >= 15 is 0 Å². The number of aliphatic hydroxyl groups excluding tert-OH is 2. The third kappa shape index (κ3) is 2.55. The fraction of sp³-hybridized carbons (Fsp3) is 0.706. The van der Waals surface area contributed by atoms with E-state index in [2.05, 4.69) is 13.5 Å². The van der Waals surface area contributed by atoms with E-state index in [1.165, 1.54) is 6.08 Å². The quantitative estimate of drug-likeness (QED) is 0.551.